The number of thiol groups is 1. The number of ether oxygens (including phenoxy) is 2. The summed E-state index contributed by atoms with van der Waals surface area (Å²) in [5.74, 6) is -0.365. The van der Waals surface area contributed by atoms with Gasteiger partial charge in [-0.25, -0.2) is 0 Å². The maximum absolute atomic E-state index is 13.1. The second-order valence-corrected chi connectivity index (χ2v) is 15.5. The normalized spacial score (nSPS) is 18.0. The molecule has 2 aromatic carbocycles. The van der Waals surface area contributed by atoms with Crippen LogP contribution in [0.5, 0.6) is 11.5 Å². The van der Waals surface area contributed by atoms with Crippen molar-refractivity contribution in [1.29, 1.82) is 0 Å². The first-order chi connectivity index (χ1) is 28.5. The van der Waals surface area contributed by atoms with Gasteiger partial charge in [-0.1, -0.05) is 60.7 Å². The third-order valence-electron chi connectivity index (χ3n) is 9.75. The molecule has 0 saturated carbocycles. The number of amides is 2. The van der Waals surface area contributed by atoms with E-state index in [1.807, 2.05) is 70.7 Å². The van der Waals surface area contributed by atoms with Crippen molar-refractivity contribution >= 4 is 71.4 Å². The van der Waals surface area contributed by atoms with Crippen molar-refractivity contribution in [2.45, 2.75) is 51.1 Å². The van der Waals surface area contributed by atoms with E-state index < -0.39 is 12.2 Å². The first kappa shape index (κ1) is 45.8. The Morgan fingerprint density at radius 3 is 1.63 bits per heavy atom. The number of aliphatic hydroxyl groups is 2. The van der Waals surface area contributed by atoms with Crippen LogP contribution in [0.4, 0.5) is 0 Å². The quantitative estimate of drug-likeness (QED) is 0.145. The van der Waals surface area contributed by atoms with E-state index >= 15 is 0 Å². The van der Waals surface area contributed by atoms with E-state index in [0.717, 1.165) is 11.1 Å². The second-order valence-electron chi connectivity index (χ2n) is 13.6. The minimum atomic E-state index is -0.443. The number of fused-ring (bicyclic) bond motifs is 8. The van der Waals surface area contributed by atoms with Crippen LogP contribution in [0.25, 0.3) is 0 Å². The Hall–Kier alpha value is -4.33. The molecule has 1 radical (unpaired) electrons. The van der Waals surface area contributed by atoms with Gasteiger partial charge in [0, 0.05) is 44.6 Å². The van der Waals surface area contributed by atoms with Crippen molar-refractivity contribution in [3.63, 3.8) is 0 Å². The Bertz CT molecular complexity index is 2170. The number of benzene rings is 2. The molecule has 20 heteroatoms. The van der Waals surface area contributed by atoms with Crippen LogP contribution in [-0.2, 0) is 13.2 Å². The number of hydrogen-bond donors (Lipinski definition) is 3. The second kappa shape index (κ2) is 22.3. The third-order valence-corrected chi connectivity index (χ3v) is 10.3. The molecule has 4 aromatic rings. The molecule has 2 amide bonds. The predicted molar refractivity (Wildman–Crippen MR) is 233 cm³/mol. The number of hydrogen-bond acceptors (Lipinski definition) is 12. The molecule has 4 bridgehead atoms. The fourth-order valence-electron chi connectivity index (χ4n) is 6.80. The van der Waals surface area contributed by atoms with Gasteiger partial charge in [0.15, 0.2) is 22.9 Å². The van der Waals surface area contributed by atoms with Gasteiger partial charge < -0.3 is 29.5 Å². The standard InChI is InChI=1S/C19H20BrN3O4.C19H21N3O4.CH2Cl2.BHNS/c20-15-10-23-16(18(17(15)25)27-11-13-4-2-1-3-5-13)19(26)21-8-6-14(24)7-9-22(23)12-21;23-15-6-9-20-13-21(10-7-15)22-11-8-16(24)18(17(22)19(20)25)26-12-14-4-2-1-3-5-14;2-1-3;1-2-3/h1-5,10,14,24H,6-9,11-12H2;1-5,8,11,15,23H,6-7,9-10,12-13H2;1H2;3H. The molecule has 2 aromatic heterocycles. The summed E-state index contributed by atoms with van der Waals surface area (Å²) in [6, 6.07) is 20.5. The Labute approximate surface area is 366 Å². The summed E-state index contributed by atoms with van der Waals surface area (Å²) >= 11 is 16.0. The zero-order valence-electron chi connectivity index (χ0n) is 32.0. The summed E-state index contributed by atoms with van der Waals surface area (Å²) in [5.41, 5.74) is 1.69. The first-order valence-corrected chi connectivity index (χ1v) is 20.9. The molecule has 4 aliphatic heterocycles. The molecule has 6 heterocycles. The van der Waals surface area contributed by atoms with Crippen LogP contribution < -0.4 is 30.3 Å². The molecular formula is C39H44BBrCl2N7O8S. The number of aliphatic hydroxyl groups excluding tert-OH is 2. The summed E-state index contributed by atoms with van der Waals surface area (Å²) in [6.07, 6.45) is 4.63. The Morgan fingerprint density at radius 1 is 0.712 bits per heavy atom. The van der Waals surface area contributed by atoms with Gasteiger partial charge in [0.05, 0.1) is 22.0 Å². The van der Waals surface area contributed by atoms with Crippen LogP contribution in [0, 0.1) is 0 Å². The fraction of sp³-hybridized carbons (Fsp3) is 0.385. The van der Waals surface area contributed by atoms with Gasteiger partial charge >= 0.3 is 24.8 Å². The molecule has 2 fully saturated rings. The van der Waals surface area contributed by atoms with E-state index in [-0.39, 0.29) is 64.1 Å². The van der Waals surface area contributed by atoms with Gasteiger partial charge in [-0.05, 0) is 52.7 Å². The zero-order valence-corrected chi connectivity index (χ0v) is 36.0. The number of alkyl halides is 2. The number of carbonyl (C=O) groups excluding carboxylic acids is 2. The third kappa shape index (κ3) is 11.7. The molecule has 4 aliphatic rings. The minimum absolute atomic E-state index is 0.0500. The molecule has 2 saturated heterocycles. The van der Waals surface area contributed by atoms with E-state index in [2.05, 4.69) is 40.7 Å². The van der Waals surface area contributed by atoms with Crippen molar-refractivity contribution in [1.82, 2.24) is 19.2 Å². The molecule has 2 atom stereocenters. The van der Waals surface area contributed by atoms with Crippen LogP contribution in [0.2, 0.25) is 0 Å². The van der Waals surface area contributed by atoms with Crippen molar-refractivity contribution in [2.75, 3.05) is 54.9 Å². The molecular weight excluding hydrogens is 888 g/mol. The average Bonchev–Trinajstić information content (AvgIpc) is 3.22. The van der Waals surface area contributed by atoms with Gasteiger partial charge in [0.2, 0.25) is 10.9 Å². The van der Waals surface area contributed by atoms with Crippen LogP contribution in [0.1, 0.15) is 57.8 Å². The van der Waals surface area contributed by atoms with Crippen LogP contribution >= 0.6 is 51.9 Å². The maximum atomic E-state index is 13.1. The molecule has 0 spiro atoms. The predicted octanol–water partition coefficient (Wildman–Crippen LogP) is 4.23. The summed E-state index contributed by atoms with van der Waals surface area (Å²) in [4.78, 5) is 54.5. The van der Waals surface area contributed by atoms with Crippen molar-refractivity contribution in [3.8, 4) is 11.5 Å². The number of nitrogens with zero attached hydrogens (tertiary/aromatic N) is 7. The van der Waals surface area contributed by atoms with Gasteiger partial charge in [-0.3, -0.25) is 38.5 Å². The Balaban J connectivity index is 0.000000198. The fourth-order valence-corrected chi connectivity index (χ4v) is 7.17. The van der Waals surface area contributed by atoms with E-state index in [1.54, 1.807) is 31.5 Å². The average molecular weight is 933 g/mol. The van der Waals surface area contributed by atoms with Crippen molar-refractivity contribution < 1.29 is 29.3 Å². The summed E-state index contributed by atoms with van der Waals surface area (Å²) in [7, 11) is 4.34. The van der Waals surface area contributed by atoms with Crippen LogP contribution in [-0.4, -0.2) is 106 Å². The number of pyridine rings is 2. The number of aromatic nitrogens is 2. The van der Waals surface area contributed by atoms with Gasteiger partial charge in [0.25, 0.3) is 11.8 Å². The van der Waals surface area contributed by atoms with Gasteiger partial charge in [0.1, 0.15) is 26.6 Å². The van der Waals surface area contributed by atoms with E-state index in [0.29, 0.717) is 69.7 Å². The van der Waals surface area contributed by atoms with Gasteiger partial charge in [-0.2, -0.15) is 0 Å². The van der Waals surface area contributed by atoms with Gasteiger partial charge in [-0.15, -0.1) is 23.2 Å². The Kier molecular flexibility index (Phi) is 17.3. The zero-order chi connectivity index (χ0) is 42.5. The number of rotatable bonds is 6. The van der Waals surface area contributed by atoms with Crippen LogP contribution in [0.3, 0.4) is 0 Å². The summed E-state index contributed by atoms with van der Waals surface area (Å²) in [5, 5.41) is 24.1. The monoisotopic (exact) mass is 930 g/mol. The number of halogens is 3. The topological polar surface area (TPSA) is 162 Å². The summed E-state index contributed by atoms with van der Waals surface area (Å²) in [6.45, 7) is 3.36. The van der Waals surface area contributed by atoms with E-state index in [1.165, 1.54) is 6.07 Å². The molecule has 8 rings (SSSR count). The van der Waals surface area contributed by atoms with Crippen LogP contribution in [0.15, 0.2) is 97.5 Å². The first-order valence-electron chi connectivity index (χ1n) is 18.7. The van der Waals surface area contributed by atoms with Crippen molar-refractivity contribution in [2.24, 2.45) is 4.30 Å². The number of carbonyl (C=O) groups is 2. The SMILES string of the molecule is ClCCl.O=C1c2c(OCc3ccccc3)c(=O)c(Br)cn2N2CCC(O)CCN1C2.O=C1c2c(OCc3ccccc3)c(=O)ccn2N2CCC(O)CCN1C2.[B]=NS. The van der Waals surface area contributed by atoms with E-state index in [4.69, 9.17) is 32.7 Å². The Morgan fingerprint density at radius 2 is 1.14 bits per heavy atom. The molecule has 0 aliphatic carbocycles. The van der Waals surface area contributed by atoms with Crippen molar-refractivity contribution in [3.05, 3.63) is 127 Å². The molecule has 313 valence electrons. The molecule has 59 heavy (non-hydrogen) atoms. The summed E-state index contributed by atoms with van der Waals surface area (Å²) < 4.78 is 18.0. The molecule has 15 nitrogen and oxygen atoms in total. The molecule has 2 unspecified atom stereocenters. The molecule has 2 N–H and O–H groups in total. The van der Waals surface area contributed by atoms with E-state index in [9.17, 15) is 29.4 Å².